The molecule has 1 N–H and O–H groups in total. The van der Waals surface area contributed by atoms with Gasteiger partial charge in [-0.1, -0.05) is 35.3 Å². The van der Waals surface area contributed by atoms with Crippen LogP contribution in [0.4, 0.5) is 0 Å². The van der Waals surface area contributed by atoms with E-state index in [2.05, 4.69) is 0 Å². The normalized spacial score (nSPS) is 11.0. The molecule has 2 aromatic carbocycles. The SMILES string of the molecule is O=C(O)c1cccc2c1ccn2Cc1ccc(Cl)cc1Cl. The highest BCUT2D eigenvalue weighted by Crippen LogP contribution is 2.25. The van der Waals surface area contributed by atoms with Crippen molar-refractivity contribution in [3.63, 3.8) is 0 Å². The quantitative estimate of drug-likeness (QED) is 0.760. The Morgan fingerprint density at radius 1 is 1.14 bits per heavy atom. The second-order valence-electron chi connectivity index (χ2n) is 4.72. The number of carbonyl (C=O) groups is 1. The highest BCUT2D eigenvalue weighted by Gasteiger charge is 2.11. The molecule has 0 saturated heterocycles. The van der Waals surface area contributed by atoms with Gasteiger partial charge in [-0.3, -0.25) is 0 Å². The van der Waals surface area contributed by atoms with Crippen LogP contribution in [0.5, 0.6) is 0 Å². The lowest BCUT2D eigenvalue weighted by Gasteiger charge is -2.08. The van der Waals surface area contributed by atoms with Crippen LogP contribution in [-0.2, 0) is 6.54 Å². The fourth-order valence-electron chi connectivity index (χ4n) is 2.38. The van der Waals surface area contributed by atoms with Crippen LogP contribution in [0.3, 0.4) is 0 Å². The summed E-state index contributed by atoms with van der Waals surface area (Å²) in [7, 11) is 0. The van der Waals surface area contributed by atoms with E-state index in [4.69, 9.17) is 23.2 Å². The maximum Gasteiger partial charge on any atom is 0.336 e. The first-order valence-electron chi connectivity index (χ1n) is 6.31. The minimum atomic E-state index is -0.928. The molecule has 0 saturated carbocycles. The van der Waals surface area contributed by atoms with Crippen LogP contribution in [0.1, 0.15) is 15.9 Å². The van der Waals surface area contributed by atoms with E-state index < -0.39 is 5.97 Å². The zero-order valence-corrected chi connectivity index (χ0v) is 12.4. The predicted octanol–water partition coefficient (Wildman–Crippen LogP) is 4.69. The summed E-state index contributed by atoms with van der Waals surface area (Å²) in [5.41, 5.74) is 2.09. The lowest BCUT2D eigenvalue weighted by Crippen LogP contribution is -2.00. The van der Waals surface area contributed by atoms with Crippen LogP contribution >= 0.6 is 23.2 Å². The van der Waals surface area contributed by atoms with Crippen LogP contribution in [0, 0.1) is 0 Å². The molecule has 0 spiro atoms. The average Bonchev–Trinajstić information content (AvgIpc) is 2.85. The van der Waals surface area contributed by atoms with Crippen LogP contribution in [0.25, 0.3) is 10.9 Å². The number of carboxylic acid groups (broad SMARTS) is 1. The summed E-state index contributed by atoms with van der Waals surface area (Å²) >= 11 is 12.1. The molecule has 0 aliphatic rings. The number of aromatic carboxylic acids is 1. The Morgan fingerprint density at radius 2 is 1.95 bits per heavy atom. The molecular weight excluding hydrogens is 309 g/mol. The number of fused-ring (bicyclic) bond motifs is 1. The standard InChI is InChI=1S/C16H11Cl2NO2/c17-11-5-4-10(14(18)8-11)9-19-7-6-12-13(16(20)21)2-1-3-15(12)19/h1-8H,9H2,(H,20,21). The highest BCUT2D eigenvalue weighted by atomic mass is 35.5. The van der Waals surface area contributed by atoms with Crippen molar-refractivity contribution < 1.29 is 9.90 Å². The maximum atomic E-state index is 11.2. The molecule has 1 heterocycles. The van der Waals surface area contributed by atoms with Crippen molar-refractivity contribution >= 4 is 40.1 Å². The van der Waals surface area contributed by atoms with Crippen molar-refractivity contribution in [3.05, 3.63) is 69.8 Å². The van der Waals surface area contributed by atoms with Crippen LogP contribution in [0.2, 0.25) is 10.0 Å². The van der Waals surface area contributed by atoms with E-state index in [0.717, 1.165) is 16.5 Å². The van der Waals surface area contributed by atoms with Gasteiger partial charge in [0.15, 0.2) is 0 Å². The molecule has 0 amide bonds. The molecule has 0 bridgehead atoms. The Balaban J connectivity index is 2.06. The zero-order valence-electron chi connectivity index (χ0n) is 10.9. The number of hydrogen-bond donors (Lipinski definition) is 1. The largest absolute Gasteiger partial charge is 0.478 e. The molecule has 3 rings (SSSR count). The molecule has 5 heteroatoms. The van der Waals surface area contributed by atoms with E-state index >= 15 is 0 Å². The van der Waals surface area contributed by atoms with Crippen LogP contribution in [-0.4, -0.2) is 15.6 Å². The zero-order chi connectivity index (χ0) is 15.0. The van der Waals surface area contributed by atoms with Gasteiger partial charge in [-0.05, 0) is 35.9 Å². The summed E-state index contributed by atoms with van der Waals surface area (Å²) in [6, 6.07) is 12.4. The van der Waals surface area contributed by atoms with Gasteiger partial charge >= 0.3 is 5.97 Å². The second-order valence-corrected chi connectivity index (χ2v) is 5.57. The van der Waals surface area contributed by atoms with Gasteiger partial charge in [0.25, 0.3) is 0 Å². The van der Waals surface area contributed by atoms with Gasteiger partial charge in [-0.25, -0.2) is 4.79 Å². The Morgan fingerprint density at radius 3 is 2.67 bits per heavy atom. The number of nitrogens with zero attached hydrogens (tertiary/aromatic N) is 1. The lowest BCUT2D eigenvalue weighted by molar-refractivity contribution is 0.0699. The number of carboxylic acids is 1. The molecule has 0 radical (unpaired) electrons. The minimum Gasteiger partial charge on any atom is -0.478 e. The summed E-state index contributed by atoms with van der Waals surface area (Å²) in [5.74, 6) is -0.928. The van der Waals surface area contributed by atoms with Gasteiger partial charge in [0.2, 0.25) is 0 Å². The molecule has 1 aromatic heterocycles. The summed E-state index contributed by atoms with van der Waals surface area (Å²) in [6.45, 7) is 0.558. The third kappa shape index (κ3) is 2.62. The number of halogens is 2. The molecule has 0 atom stereocenters. The average molecular weight is 320 g/mol. The minimum absolute atomic E-state index is 0.299. The fourth-order valence-corrected chi connectivity index (χ4v) is 2.85. The Bertz CT molecular complexity index is 839. The first-order chi connectivity index (χ1) is 10.1. The third-order valence-electron chi connectivity index (χ3n) is 3.40. The topological polar surface area (TPSA) is 42.2 Å². The highest BCUT2D eigenvalue weighted by molar-refractivity contribution is 6.35. The van der Waals surface area contributed by atoms with E-state index in [1.807, 2.05) is 29.0 Å². The molecule has 0 aliphatic heterocycles. The molecule has 3 nitrogen and oxygen atoms in total. The van der Waals surface area contributed by atoms with Crippen LogP contribution in [0.15, 0.2) is 48.7 Å². The van der Waals surface area contributed by atoms with Gasteiger partial charge in [0.1, 0.15) is 0 Å². The maximum absolute atomic E-state index is 11.2. The number of hydrogen-bond acceptors (Lipinski definition) is 1. The van der Waals surface area contributed by atoms with Crippen molar-refractivity contribution in [1.82, 2.24) is 4.57 Å². The van der Waals surface area contributed by atoms with Crippen molar-refractivity contribution in [2.45, 2.75) is 6.54 Å². The van der Waals surface area contributed by atoms with Gasteiger partial charge < -0.3 is 9.67 Å². The monoisotopic (exact) mass is 319 g/mol. The van der Waals surface area contributed by atoms with E-state index in [0.29, 0.717) is 22.2 Å². The second kappa shape index (κ2) is 5.43. The summed E-state index contributed by atoms with van der Waals surface area (Å²) in [5, 5.41) is 11.1. The predicted molar refractivity (Wildman–Crippen MR) is 84.5 cm³/mol. The van der Waals surface area contributed by atoms with Crippen molar-refractivity contribution in [2.24, 2.45) is 0 Å². The number of benzene rings is 2. The molecule has 3 aromatic rings. The first-order valence-corrected chi connectivity index (χ1v) is 7.07. The number of rotatable bonds is 3. The molecule has 0 aliphatic carbocycles. The fraction of sp³-hybridized carbons (Fsp3) is 0.0625. The first kappa shape index (κ1) is 14.0. The van der Waals surface area contributed by atoms with Gasteiger partial charge in [-0.2, -0.15) is 0 Å². The lowest BCUT2D eigenvalue weighted by atomic mass is 10.1. The van der Waals surface area contributed by atoms with E-state index in [1.54, 1.807) is 24.3 Å². The van der Waals surface area contributed by atoms with E-state index in [1.165, 1.54) is 0 Å². The van der Waals surface area contributed by atoms with Crippen molar-refractivity contribution in [1.29, 1.82) is 0 Å². The van der Waals surface area contributed by atoms with Crippen LogP contribution < -0.4 is 0 Å². The summed E-state index contributed by atoms with van der Waals surface area (Å²) in [4.78, 5) is 11.2. The summed E-state index contributed by atoms with van der Waals surface area (Å²) in [6.07, 6.45) is 1.86. The molecule has 0 fully saturated rings. The Hall–Kier alpha value is -1.97. The van der Waals surface area contributed by atoms with Gasteiger partial charge in [0, 0.05) is 33.7 Å². The molecule has 0 unspecified atom stereocenters. The number of aromatic nitrogens is 1. The summed E-state index contributed by atoms with van der Waals surface area (Å²) < 4.78 is 1.97. The smallest absolute Gasteiger partial charge is 0.336 e. The van der Waals surface area contributed by atoms with Gasteiger partial charge in [0.05, 0.1) is 5.56 Å². The Kier molecular flexibility index (Phi) is 3.62. The molecule has 21 heavy (non-hydrogen) atoms. The van der Waals surface area contributed by atoms with E-state index in [9.17, 15) is 9.90 Å². The van der Waals surface area contributed by atoms with Crippen molar-refractivity contribution in [3.8, 4) is 0 Å². The third-order valence-corrected chi connectivity index (χ3v) is 3.99. The molecule has 106 valence electrons. The molecular formula is C16H11Cl2NO2. The van der Waals surface area contributed by atoms with Crippen molar-refractivity contribution in [2.75, 3.05) is 0 Å². The Labute approximate surface area is 131 Å². The van der Waals surface area contributed by atoms with Gasteiger partial charge in [-0.15, -0.1) is 0 Å². The van der Waals surface area contributed by atoms with E-state index in [-0.39, 0.29) is 0 Å².